The van der Waals surface area contributed by atoms with Crippen molar-refractivity contribution in [1.82, 2.24) is 0 Å². The number of carbonyl (C=O) groups is 2. The number of phenols is 1. The first-order valence-electron chi connectivity index (χ1n) is 8.01. The highest BCUT2D eigenvalue weighted by Gasteiger charge is 2.09. The summed E-state index contributed by atoms with van der Waals surface area (Å²) in [5.74, 6) is -0.480. The number of phenolic OH excluding ortho intramolecular Hbond substituents is 1. The third kappa shape index (κ3) is 3.59. The van der Waals surface area contributed by atoms with E-state index in [0.717, 1.165) is 0 Å². The Hall–Kier alpha value is -3.54. The van der Waals surface area contributed by atoms with Gasteiger partial charge in [0.15, 0.2) is 0 Å². The summed E-state index contributed by atoms with van der Waals surface area (Å²) in [5, 5.41) is 22.0. The molecule has 6 nitrogen and oxygen atoms in total. The molecule has 2 N–H and O–H groups in total. The molecule has 0 bridgehead atoms. The summed E-state index contributed by atoms with van der Waals surface area (Å²) < 4.78 is 0. The van der Waals surface area contributed by atoms with Gasteiger partial charge >= 0.3 is 0 Å². The van der Waals surface area contributed by atoms with Crippen LogP contribution in [0.4, 0.5) is 11.4 Å². The normalized spacial score (nSPS) is 11.0. The lowest BCUT2D eigenvalue weighted by molar-refractivity contribution is -0.114. The van der Waals surface area contributed by atoms with Gasteiger partial charge < -0.3 is 10.4 Å². The van der Waals surface area contributed by atoms with Crippen LogP contribution in [-0.4, -0.2) is 16.9 Å². The average Bonchev–Trinajstić information content (AvgIpc) is 2.63. The molecule has 0 fully saturated rings. The fourth-order valence-electron chi connectivity index (χ4n) is 2.62. The number of fused-ring (bicyclic) bond motifs is 1. The number of anilines is 1. The van der Waals surface area contributed by atoms with Crippen molar-refractivity contribution < 1.29 is 14.7 Å². The Morgan fingerprint density at radius 3 is 2.31 bits per heavy atom. The molecule has 3 rings (SSSR count). The van der Waals surface area contributed by atoms with Crippen molar-refractivity contribution in [2.24, 2.45) is 10.2 Å². The van der Waals surface area contributed by atoms with Crippen molar-refractivity contribution in [2.45, 2.75) is 13.8 Å². The standard InChI is InChI=1S/C20H17N3O3/c1-12-11-18(16-5-3-4-6-17(16)19(12)25)22-23-20(26)14-7-9-15(10-8-14)21-13(2)24/h3-11,25H,1-2H3,(H,21,24). The summed E-state index contributed by atoms with van der Waals surface area (Å²) >= 11 is 0. The van der Waals surface area contributed by atoms with Crippen LogP contribution < -0.4 is 5.32 Å². The molecule has 0 aliphatic carbocycles. The molecule has 0 heterocycles. The van der Waals surface area contributed by atoms with E-state index in [0.29, 0.717) is 33.3 Å². The second-order valence-electron chi connectivity index (χ2n) is 5.87. The zero-order valence-electron chi connectivity index (χ0n) is 14.4. The Labute approximate surface area is 150 Å². The van der Waals surface area contributed by atoms with E-state index in [4.69, 9.17) is 0 Å². The molecule has 26 heavy (non-hydrogen) atoms. The van der Waals surface area contributed by atoms with Crippen molar-refractivity contribution in [1.29, 1.82) is 0 Å². The van der Waals surface area contributed by atoms with Crippen molar-refractivity contribution >= 4 is 34.0 Å². The van der Waals surface area contributed by atoms with Crippen LogP contribution in [0, 0.1) is 6.92 Å². The number of carbonyl (C=O) groups excluding carboxylic acids is 2. The lowest BCUT2D eigenvalue weighted by atomic mass is 10.0. The molecule has 3 aromatic carbocycles. The van der Waals surface area contributed by atoms with E-state index in [-0.39, 0.29) is 11.7 Å². The molecule has 0 aliphatic rings. The van der Waals surface area contributed by atoms with E-state index >= 15 is 0 Å². The Balaban J connectivity index is 1.88. The Morgan fingerprint density at radius 1 is 1.00 bits per heavy atom. The number of aryl methyl sites for hydroxylation is 1. The predicted octanol–water partition coefficient (Wildman–Crippen LogP) is 4.74. The van der Waals surface area contributed by atoms with Crippen LogP contribution in [0.2, 0.25) is 0 Å². The molecule has 0 radical (unpaired) electrons. The van der Waals surface area contributed by atoms with Crippen LogP contribution in [0.15, 0.2) is 64.8 Å². The van der Waals surface area contributed by atoms with Gasteiger partial charge in [-0.05, 0) is 42.8 Å². The van der Waals surface area contributed by atoms with E-state index in [1.807, 2.05) is 18.2 Å². The van der Waals surface area contributed by atoms with Gasteiger partial charge in [0.05, 0.1) is 5.69 Å². The fraction of sp³-hybridized carbons (Fsp3) is 0.100. The summed E-state index contributed by atoms with van der Waals surface area (Å²) in [5.41, 5.74) is 2.14. The third-order valence-corrected chi connectivity index (χ3v) is 3.89. The molecule has 0 spiro atoms. The zero-order valence-corrected chi connectivity index (χ0v) is 14.4. The highest BCUT2D eigenvalue weighted by molar-refractivity contribution is 5.99. The van der Waals surface area contributed by atoms with E-state index in [9.17, 15) is 14.7 Å². The van der Waals surface area contributed by atoms with E-state index in [1.165, 1.54) is 6.92 Å². The Morgan fingerprint density at radius 2 is 1.65 bits per heavy atom. The monoisotopic (exact) mass is 347 g/mol. The van der Waals surface area contributed by atoms with Crippen LogP contribution in [-0.2, 0) is 4.79 Å². The van der Waals surface area contributed by atoms with Gasteiger partial charge in [-0.3, -0.25) is 9.59 Å². The quantitative estimate of drug-likeness (QED) is 0.671. The number of nitrogens with one attached hydrogen (secondary N) is 1. The lowest BCUT2D eigenvalue weighted by Gasteiger charge is -2.06. The molecule has 0 saturated heterocycles. The van der Waals surface area contributed by atoms with Crippen LogP contribution in [0.3, 0.4) is 0 Å². The molecular formula is C20H17N3O3. The first-order valence-corrected chi connectivity index (χ1v) is 8.01. The minimum atomic E-state index is -0.491. The molecule has 0 saturated carbocycles. The summed E-state index contributed by atoms with van der Waals surface area (Å²) in [6.45, 7) is 3.18. The second kappa shape index (κ2) is 7.14. The summed E-state index contributed by atoms with van der Waals surface area (Å²) in [6, 6.07) is 15.4. The molecular weight excluding hydrogens is 330 g/mol. The smallest absolute Gasteiger partial charge is 0.295 e. The van der Waals surface area contributed by atoms with Gasteiger partial charge in [0.1, 0.15) is 5.75 Å². The second-order valence-corrected chi connectivity index (χ2v) is 5.87. The molecule has 3 aromatic rings. The van der Waals surface area contributed by atoms with E-state index < -0.39 is 5.91 Å². The number of amides is 2. The number of benzene rings is 3. The summed E-state index contributed by atoms with van der Waals surface area (Å²) in [6.07, 6.45) is 0. The van der Waals surface area contributed by atoms with Crippen LogP contribution in [0.25, 0.3) is 10.8 Å². The molecule has 0 aliphatic heterocycles. The third-order valence-electron chi connectivity index (χ3n) is 3.89. The van der Waals surface area contributed by atoms with Crippen molar-refractivity contribution in [3.05, 3.63) is 65.7 Å². The summed E-state index contributed by atoms with van der Waals surface area (Å²) in [7, 11) is 0. The number of hydrogen-bond donors (Lipinski definition) is 2. The number of aromatic hydroxyl groups is 1. The highest BCUT2D eigenvalue weighted by Crippen LogP contribution is 2.35. The first-order chi connectivity index (χ1) is 12.5. The number of hydrogen-bond acceptors (Lipinski definition) is 4. The molecule has 0 unspecified atom stereocenters. The topological polar surface area (TPSA) is 91.1 Å². The lowest BCUT2D eigenvalue weighted by Crippen LogP contribution is -2.05. The maximum Gasteiger partial charge on any atom is 0.295 e. The van der Waals surface area contributed by atoms with Crippen molar-refractivity contribution in [3.8, 4) is 5.75 Å². The Kier molecular flexibility index (Phi) is 4.75. The van der Waals surface area contributed by atoms with Crippen molar-refractivity contribution in [3.63, 3.8) is 0 Å². The van der Waals surface area contributed by atoms with Crippen LogP contribution >= 0.6 is 0 Å². The van der Waals surface area contributed by atoms with Gasteiger partial charge in [-0.15, -0.1) is 10.2 Å². The average molecular weight is 347 g/mol. The number of azo groups is 1. The number of rotatable bonds is 3. The van der Waals surface area contributed by atoms with Gasteiger partial charge in [0, 0.05) is 28.9 Å². The highest BCUT2D eigenvalue weighted by atomic mass is 16.3. The van der Waals surface area contributed by atoms with Crippen molar-refractivity contribution in [2.75, 3.05) is 5.32 Å². The van der Waals surface area contributed by atoms with E-state index in [2.05, 4.69) is 15.5 Å². The number of nitrogens with zero attached hydrogens (tertiary/aromatic N) is 2. The van der Waals surface area contributed by atoms with Gasteiger partial charge in [0.25, 0.3) is 5.91 Å². The van der Waals surface area contributed by atoms with Gasteiger partial charge in [0.2, 0.25) is 5.91 Å². The first kappa shape index (κ1) is 17.3. The molecule has 2 amide bonds. The minimum Gasteiger partial charge on any atom is -0.507 e. The zero-order chi connectivity index (χ0) is 18.7. The molecule has 6 heteroatoms. The van der Waals surface area contributed by atoms with Gasteiger partial charge in [-0.1, -0.05) is 24.3 Å². The van der Waals surface area contributed by atoms with Gasteiger partial charge in [-0.25, -0.2) is 0 Å². The Bertz CT molecular complexity index is 1020. The molecule has 0 aromatic heterocycles. The largest absolute Gasteiger partial charge is 0.507 e. The van der Waals surface area contributed by atoms with E-state index in [1.54, 1.807) is 43.3 Å². The molecule has 0 atom stereocenters. The minimum absolute atomic E-state index is 0.182. The van der Waals surface area contributed by atoms with Gasteiger partial charge in [-0.2, -0.15) is 0 Å². The van der Waals surface area contributed by atoms with Crippen LogP contribution in [0.5, 0.6) is 5.75 Å². The SMILES string of the molecule is CC(=O)Nc1ccc(C(=O)N=Nc2cc(C)c(O)c3ccccc23)cc1. The maximum atomic E-state index is 12.2. The van der Waals surface area contributed by atoms with Crippen LogP contribution in [0.1, 0.15) is 22.8 Å². The fourth-order valence-corrected chi connectivity index (χ4v) is 2.62. The molecule has 130 valence electrons. The summed E-state index contributed by atoms with van der Waals surface area (Å²) in [4.78, 5) is 23.3. The maximum absolute atomic E-state index is 12.2. The predicted molar refractivity (Wildman–Crippen MR) is 99.9 cm³/mol.